The lowest BCUT2D eigenvalue weighted by molar-refractivity contribution is 0.316. The average Bonchev–Trinajstić information content (AvgIpc) is 2.52. The van der Waals surface area contributed by atoms with E-state index in [0.717, 1.165) is 4.64 Å². The molecular weight excluding hydrogens is 180 g/mol. The maximum atomic E-state index is 5.26. The molecule has 0 radical (unpaired) electrons. The van der Waals surface area contributed by atoms with Crippen LogP contribution < -0.4 is 0 Å². The highest BCUT2D eigenvalue weighted by atomic mass is 32.1. The number of nitrogens with zero attached hydrogens (tertiary/aromatic N) is 1. The van der Waals surface area contributed by atoms with Gasteiger partial charge in [-0.15, -0.1) is 0 Å². The molecule has 1 aliphatic rings. The van der Waals surface area contributed by atoms with Crippen LogP contribution in [0.1, 0.15) is 24.4 Å². The molecule has 2 heterocycles. The van der Waals surface area contributed by atoms with Crippen LogP contribution in [0, 0.1) is 4.64 Å². The van der Waals surface area contributed by atoms with Gasteiger partial charge in [0, 0.05) is 17.8 Å². The van der Waals surface area contributed by atoms with Gasteiger partial charge < -0.3 is 4.98 Å². The highest BCUT2D eigenvalue weighted by Crippen LogP contribution is 2.30. The van der Waals surface area contributed by atoms with Crippen molar-refractivity contribution in [2.75, 3.05) is 13.6 Å². The summed E-state index contributed by atoms with van der Waals surface area (Å²) in [4.78, 5) is 5.46. The van der Waals surface area contributed by atoms with Crippen LogP contribution in [0.2, 0.25) is 0 Å². The Morgan fingerprint density at radius 1 is 1.62 bits per heavy atom. The van der Waals surface area contributed by atoms with E-state index < -0.39 is 0 Å². The van der Waals surface area contributed by atoms with Crippen molar-refractivity contribution in [2.45, 2.75) is 18.9 Å². The zero-order chi connectivity index (χ0) is 9.26. The van der Waals surface area contributed by atoms with Crippen molar-refractivity contribution in [3.05, 3.63) is 28.5 Å². The van der Waals surface area contributed by atoms with Gasteiger partial charge in [0.05, 0.1) is 0 Å². The Morgan fingerprint density at radius 3 is 3.08 bits per heavy atom. The first-order valence-electron chi connectivity index (χ1n) is 4.67. The number of nitrogens with one attached hydrogen (secondary N) is 1. The predicted octanol–water partition coefficient (Wildman–Crippen LogP) is 2.51. The molecule has 0 bridgehead atoms. The summed E-state index contributed by atoms with van der Waals surface area (Å²) in [6.07, 6.45) is 4.41. The number of aromatic nitrogens is 1. The van der Waals surface area contributed by atoms with Crippen molar-refractivity contribution in [3.8, 4) is 0 Å². The Morgan fingerprint density at radius 2 is 2.46 bits per heavy atom. The lowest BCUT2D eigenvalue weighted by Gasteiger charge is -2.19. The summed E-state index contributed by atoms with van der Waals surface area (Å²) < 4.78 is 0.890. The van der Waals surface area contributed by atoms with Crippen LogP contribution in [0.3, 0.4) is 0 Å². The van der Waals surface area contributed by atoms with Gasteiger partial charge in [0.2, 0.25) is 0 Å². The zero-order valence-corrected chi connectivity index (χ0v) is 8.60. The van der Waals surface area contributed by atoms with Gasteiger partial charge >= 0.3 is 0 Å². The SMILES string of the molecule is CN1CCC[C@@H]1c1ccc[nH]c1=S. The van der Waals surface area contributed by atoms with Gasteiger partial charge in [-0.2, -0.15) is 0 Å². The van der Waals surface area contributed by atoms with Crippen LogP contribution in [-0.4, -0.2) is 23.5 Å². The maximum Gasteiger partial charge on any atom is 0.108 e. The minimum Gasteiger partial charge on any atom is -0.353 e. The highest BCUT2D eigenvalue weighted by Gasteiger charge is 2.23. The minimum atomic E-state index is 0.532. The lowest BCUT2D eigenvalue weighted by atomic mass is 10.1. The van der Waals surface area contributed by atoms with Crippen molar-refractivity contribution >= 4 is 12.2 Å². The second kappa shape index (κ2) is 3.60. The second-order valence-electron chi connectivity index (χ2n) is 3.59. The highest BCUT2D eigenvalue weighted by molar-refractivity contribution is 7.71. The van der Waals surface area contributed by atoms with Gasteiger partial charge in [-0.05, 0) is 32.5 Å². The molecule has 0 saturated carbocycles. The van der Waals surface area contributed by atoms with Gasteiger partial charge in [0.15, 0.2) is 0 Å². The van der Waals surface area contributed by atoms with Crippen LogP contribution in [0.5, 0.6) is 0 Å². The van der Waals surface area contributed by atoms with E-state index in [-0.39, 0.29) is 0 Å². The Kier molecular flexibility index (Phi) is 2.47. The quantitative estimate of drug-likeness (QED) is 0.693. The van der Waals surface area contributed by atoms with E-state index in [2.05, 4.69) is 23.0 Å². The molecule has 1 saturated heterocycles. The molecule has 1 fully saturated rings. The molecule has 0 aromatic carbocycles. The van der Waals surface area contributed by atoms with E-state index in [1.54, 1.807) is 0 Å². The molecule has 1 aromatic rings. The lowest BCUT2D eigenvalue weighted by Crippen LogP contribution is -2.17. The fraction of sp³-hybridized carbons (Fsp3) is 0.500. The van der Waals surface area contributed by atoms with Gasteiger partial charge in [-0.3, -0.25) is 4.90 Å². The summed E-state index contributed by atoms with van der Waals surface area (Å²) in [6.45, 7) is 1.19. The maximum absolute atomic E-state index is 5.26. The van der Waals surface area contributed by atoms with E-state index in [0.29, 0.717) is 6.04 Å². The number of H-pyrrole nitrogens is 1. The summed E-state index contributed by atoms with van der Waals surface area (Å²) in [5.74, 6) is 0. The molecule has 0 spiro atoms. The minimum absolute atomic E-state index is 0.532. The van der Waals surface area contributed by atoms with Crippen LogP contribution in [0.4, 0.5) is 0 Å². The summed E-state index contributed by atoms with van der Waals surface area (Å²) in [7, 11) is 2.17. The largest absolute Gasteiger partial charge is 0.353 e. The normalized spacial score (nSPS) is 23.6. The van der Waals surface area contributed by atoms with Crippen molar-refractivity contribution < 1.29 is 0 Å². The fourth-order valence-electron chi connectivity index (χ4n) is 2.00. The number of rotatable bonds is 1. The standard InChI is InChI=1S/C10H14N2S/c1-12-7-3-5-9(12)8-4-2-6-11-10(8)13/h2,4,6,9H,3,5,7H2,1H3,(H,11,13)/t9-/m1/s1. The molecule has 0 amide bonds. The van der Waals surface area contributed by atoms with Gasteiger partial charge in [-0.25, -0.2) is 0 Å². The third-order valence-electron chi connectivity index (χ3n) is 2.73. The molecule has 0 unspecified atom stereocenters. The Bertz CT molecular complexity index is 345. The van der Waals surface area contributed by atoms with Crippen molar-refractivity contribution in [1.29, 1.82) is 0 Å². The predicted molar refractivity (Wildman–Crippen MR) is 56.2 cm³/mol. The molecule has 0 aliphatic carbocycles. The van der Waals surface area contributed by atoms with Crippen LogP contribution in [0.15, 0.2) is 18.3 Å². The molecule has 70 valence electrons. The molecule has 1 N–H and O–H groups in total. The van der Waals surface area contributed by atoms with E-state index >= 15 is 0 Å². The molecule has 3 heteroatoms. The third-order valence-corrected chi connectivity index (χ3v) is 3.08. The average molecular weight is 194 g/mol. The molecule has 2 rings (SSSR count). The van der Waals surface area contributed by atoms with Crippen LogP contribution in [0.25, 0.3) is 0 Å². The van der Waals surface area contributed by atoms with E-state index in [1.165, 1.54) is 24.9 Å². The van der Waals surface area contributed by atoms with E-state index in [9.17, 15) is 0 Å². The van der Waals surface area contributed by atoms with Crippen LogP contribution in [-0.2, 0) is 0 Å². The third kappa shape index (κ3) is 1.67. The number of hydrogen-bond acceptors (Lipinski definition) is 2. The molecule has 1 atom stereocenters. The summed E-state index contributed by atoms with van der Waals surface area (Å²) in [6, 6.07) is 4.69. The van der Waals surface area contributed by atoms with Crippen LogP contribution >= 0.6 is 12.2 Å². The smallest absolute Gasteiger partial charge is 0.108 e. The summed E-state index contributed by atoms with van der Waals surface area (Å²) in [5, 5.41) is 0. The zero-order valence-electron chi connectivity index (χ0n) is 7.79. The fourth-order valence-corrected chi connectivity index (χ4v) is 2.27. The monoisotopic (exact) mass is 194 g/mol. The Balaban J connectivity index is 2.35. The van der Waals surface area contributed by atoms with Gasteiger partial charge in [-0.1, -0.05) is 18.3 Å². The van der Waals surface area contributed by atoms with Crippen molar-refractivity contribution in [2.24, 2.45) is 0 Å². The Labute approximate surface area is 83.6 Å². The number of hydrogen-bond donors (Lipinski definition) is 1. The van der Waals surface area contributed by atoms with E-state index in [4.69, 9.17) is 12.2 Å². The topological polar surface area (TPSA) is 19.0 Å². The summed E-state index contributed by atoms with van der Waals surface area (Å²) in [5.41, 5.74) is 1.28. The molecule has 2 nitrogen and oxygen atoms in total. The first kappa shape index (κ1) is 8.91. The first-order chi connectivity index (χ1) is 6.29. The first-order valence-corrected chi connectivity index (χ1v) is 5.07. The van der Waals surface area contributed by atoms with E-state index in [1.807, 2.05) is 12.3 Å². The molecule has 1 aliphatic heterocycles. The molecule has 1 aromatic heterocycles. The molecular formula is C10H14N2S. The number of likely N-dealkylation sites (tertiary alicyclic amines) is 1. The van der Waals surface area contributed by atoms with Gasteiger partial charge in [0.25, 0.3) is 0 Å². The van der Waals surface area contributed by atoms with Crippen molar-refractivity contribution in [3.63, 3.8) is 0 Å². The second-order valence-corrected chi connectivity index (χ2v) is 4.00. The number of aromatic amines is 1. The van der Waals surface area contributed by atoms with Crippen molar-refractivity contribution in [1.82, 2.24) is 9.88 Å². The number of pyridine rings is 1. The summed E-state index contributed by atoms with van der Waals surface area (Å²) >= 11 is 5.26. The molecule has 13 heavy (non-hydrogen) atoms. The van der Waals surface area contributed by atoms with Gasteiger partial charge in [0.1, 0.15) is 4.64 Å². The Hall–Kier alpha value is -0.670.